The molecule has 3 rings (SSSR count). The fourth-order valence-corrected chi connectivity index (χ4v) is 4.02. The van der Waals surface area contributed by atoms with Gasteiger partial charge in [0.05, 0.1) is 0 Å². The second kappa shape index (κ2) is 7.84. The molecule has 1 aromatic carbocycles. The molecule has 2 fully saturated rings. The molecule has 1 aliphatic carbocycles. The van der Waals surface area contributed by atoms with E-state index >= 15 is 0 Å². The van der Waals surface area contributed by atoms with Crippen LogP contribution < -0.4 is 10.6 Å². The maximum Gasteiger partial charge on any atom is 0.325 e. The summed E-state index contributed by atoms with van der Waals surface area (Å²) in [6, 6.07) is 4.76. The van der Waals surface area contributed by atoms with Crippen LogP contribution in [0.3, 0.4) is 0 Å². The molecule has 1 aliphatic heterocycles. The highest BCUT2D eigenvalue weighted by Crippen LogP contribution is 2.35. The number of urea groups is 1. The van der Waals surface area contributed by atoms with Crippen LogP contribution >= 0.6 is 23.2 Å². The maximum absolute atomic E-state index is 12.5. The van der Waals surface area contributed by atoms with Crippen LogP contribution in [0, 0.1) is 0 Å². The van der Waals surface area contributed by atoms with E-state index in [2.05, 4.69) is 10.6 Å². The minimum absolute atomic E-state index is 0.145. The van der Waals surface area contributed by atoms with Gasteiger partial charge in [0.25, 0.3) is 5.91 Å². The van der Waals surface area contributed by atoms with Crippen LogP contribution in [0.5, 0.6) is 0 Å². The molecule has 1 saturated carbocycles. The van der Waals surface area contributed by atoms with E-state index < -0.39 is 5.54 Å². The molecule has 1 saturated heterocycles. The van der Waals surface area contributed by atoms with Crippen LogP contribution in [-0.2, 0) is 16.1 Å². The molecule has 6 nitrogen and oxygen atoms in total. The van der Waals surface area contributed by atoms with Gasteiger partial charge in [0.1, 0.15) is 5.54 Å². The molecular weight excluding hydrogens is 377 g/mol. The minimum atomic E-state index is -0.690. The van der Waals surface area contributed by atoms with Gasteiger partial charge in [-0.2, -0.15) is 0 Å². The lowest BCUT2D eigenvalue weighted by atomic mass is 9.98. The van der Waals surface area contributed by atoms with Crippen LogP contribution in [-0.4, -0.2) is 34.8 Å². The van der Waals surface area contributed by atoms with Crippen LogP contribution in [0.1, 0.15) is 44.1 Å². The first-order chi connectivity index (χ1) is 12.4. The van der Waals surface area contributed by atoms with E-state index in [4.69, 9.17) is 23.2 Å². The molecule has 4 amide bonds. The molecule has 2 aliphatic rings. The first-order valence-corrected chi connectivity index (χ1v) is 9.52. The Kier molecular flexibility index (Phi) is 5.73. The lowest BCUT2D eigenvalue weighted by Gasteiger charge is -2.19. The number of hydrogen-bond donors (Lipinski definition) is 2. The van der Waals surface area contributed by atoms with Crippen molar-refractivity contribution in [1.29, 1.82) is 0 Å². The summed E-state index contributed by atoms with van der Waals surface area (Å²) in [4.78, 5) is 37.8. The highest BCUT2D eigenvalue weighted by Gasteiger charge is 2.51. The zero-order valence-electron chi connectivity index (χ0n) is 14.3. The summed E-state index contributed by atoms with van der Waals surface area (Å²) in [7, 11) is 0. The van der Waals surface area contributed by atoms with E-state index in [0.29, 0.717) is 35.9 Å². The molecule has 8 heteroatoms. The van der Waals surface area contributed by atoms with Crippen LogP contribution in [0.4, 0.5) is 4.79 Å². The van der Waals surface area contributed by atoms with Gasteiger partial charge in [0.2, 0.25) is 5.91 Å². The summed E-state index contributed by atoms with van der Waals surface area (Å²) in [5, 5.41) is 6.66. The van der Waals surface area contributed by atoms with Gasteiger partial charge in [-0.15, -0.1) is 0 Å². The van der Waals surface area contributed by atoms with Crippen LogP contribution in [0.25, 0.3) is 0 Å². The Morgan fingerprint density at radius 1 is 1.23 bits per heavy atom. The first kappa shape index (κ1) is 19.0. The molecule has 0 atom stereocenters. The molecule has 1 aromatic rings. The molecule has 0 unspecified atom stereocenters. The third-order valence-corrected chi connectivity index (χ3v) is 5.57. The molecule has 1 spiro atoms. The Labute approximate surface area is 162 Å². The smallest absolute Gasteiger partial charge is 0.325 e. The Hall–Kier alpha value is -1.79. The van der Waals surface area contributed by atoms with Gasteiger partial charge in [0, 0.05) is 29.6 Å². The summed E-state index contributed by atoms with van der Waals surface area (Å²) in [6.07, 6.45) is 3.97. The fraction of sp³-hybridized carbons (Fsp3) is 0.500. The Balaban J connectivity index is 1.44. The van der Waals surface area contributed by atoms with Gasteiger partial charge in [-0.05, 0) is 37.0 Å². The highest BCUT2D eigenvalue weighted by atomic mass is 35.5. The van der Waals surface area contributed by atoms with Gasteiger partial charge >= 0.3 is 6.03 Å². The standard InChI is InChI=1S/C18H21Cl2N3O3/c19-13-6-5-12(14(20)10-13)11-21-15(24)4-3-9-23-16(25)18(22-17(23)26)7-1-2-8-18/h5-6,10H,1-4,7-9,11H2,(H,21,24)(H,22,26). The van der Waals surface area contributed by atoms with Crippen molar-refractivity contribution in [3.8, 4) is 0 Å². The normalized spacial score (nSPS) is 18.5. The van der Waals surface area contributed by atoms with Crippen LogP contribution in [0.15, 0.2) is 18.2 Å². The number of imide groups is 1. The van der Waals surface area contributed by atoms with Crippen molar-refractivity contribution in [1.82, 2.24) is 15.5 Å². The minimum Gasteiger partial charge on any atom is -0.352 e. The Bertz CT molecular complexity index is 732. The van der Waals surface area contributed by atoms with Gasteiger partial charge in [0.15, 0.2) is 0 Å². The number of rotatable bonds is 6. The first-order valence-electron chi connectivity index (χ1n) is 8.76. The third kappa shape index (κ3) is 3.96. The zero-order valence-corrected chi connectivity index (χ0v) is 15.8. The Morgan fingerprint density at radius 2 is 1.96 bits per heavy atom. The quantitative estimate of drug-likeness (QED) is 0.722. The van der Waals surface area contributed by atoms with Gasteiger partial charge in [-0.25, -0.2) is 4.79 Å². The fourth-order valence-electron chi connectivity index (χ4n) is 3.54. The van der Waals surface area contributed by atoms with Gasteiger partial charge in [-0.3, -0.25) is 14.5 Å². The Morgan fingerprint density at radius 3 is 2.65 bits per heavy atom. The molecular formula is C18H21Cl2N3O3. The van der Waals surface area contributed by atoms with E-state index in [1.165, 1.54) is 4.90 Å². The molecule has 2 N–H and O–H groups in total. The summed E-state index contributed by atoms with van der Waals surface area (Å²) in [5.41, 5.74) is 0.0895. The summed E-state index contributed by atoms with van der Waals surface area (Å²) >= 11 is 11.9. The molecule has 140 valence electrons. The van der Waals surface area contributed by atoms with E-state index in [0.717, 1.165) is 18.4 Å². The predicted molar refractivity (Wildman–Crippen MR) is 99.0 cm³/mol. The number of hydrogen-bond acceptors (Lipinski definition) is 3. The summed E-state index contributed by atoms with van der Waals surface area (Å²) < 4.78 is 0. The monoisotopic (exact) mass is 397 g/mol. The SMILES string of the molecule is O=C(CCCN1C(=O)NC2(CCCC2)C1=O)NCc1ccc(Cl)cc1Cl. The molecule has 1 heterocycles. The molecule has 26 heavy (non-hydrogen) atoms. The van der Waals surface area contributed by atoms with Gasteiger partial charge < -0.3 is 10.6 Å². The van der Waals surface area contributed by atoms with E-state index in [9.17, 15) is 14.4 Å². The van der Waals surface area contributed by atoms with Gasteiger partial charge in [-0.1, -0.05) is 42.1 Å². The topological polar surface area (TPSA) is 78.5 Å². The van der Waals surface area contributed by atoms with Crippen molar-refractivity contribution in [2.24, 2.45) is 0 Å². The van der Waals surface area contributed by atoms with Crippen molar-refractivity contribution in [3.63, 3.8) is 0 Å². The lowest BCUT2D eigenvalue weighted by molar-refractivity contribution is -0.131. The molecule has 0 aromatic heterocycles. The van der Waals surface area contributed by atoms with E-state index in [-0.39, 0.29) is 30.8 Å². The van der Waals surface area contributed by atoms with Crippen molar-refractivity contribution in [2.45, 2.75) is 50.6 Å². The van der Waals surface area contributed by atoms with Crippen LogP contribution in [0.2, 0.25) is 10.0 Å². The summed E-state index contributed by atoms with van der Waals surface area (Å²) in [6.45, 7) is 0.558. The number of amides is 4. The third-order valence-electron chi connectivity index (χ3n) is 4.98. The van der Waals surface area contributed by atoms with Crippen molar-refractivity contribution >= 4 is 41.0 Å². The van der Waals surface area contributed by atoms with E-state index in [1.807, 2.05) is 0 Å². The lowest BCUT2D eigenvalue weighted by Crippen LogP contribution is -2.44. The van der Waals surface area contributed by atoms with Crippen molar-refractivity contribution in [2.75, 3.05) is 6.54 Å². The average Bonchev–Trinajstić information content (AvgIpc) is 3.14. The number of carbonyl (C=O) groups excluding carboxylic acids is 3. The average molecular weight is 398 g/mol. The zero-order chi connectivity index (χ0) is 18.7. The van der Waals surface area contributed by atoms with Crippen molar-refractivity contribution < 1.29 is 14.4 Å². The van der Waals surface area contributed by atoms with E-state index in [1.54, 1.807) is 18.2 Å². The maximum atomic E-state index is 12.5. The molecule has 0 radical (unpaired) electrons. The largest absolute Gasteiger partial charge is 0.352 e. The number of nitrogens with zero attached hydrogens (tertiary/aromatic N) is 1. The van der Waals surface area contributed by atoms with Crippen molar-refractivity contribution in [3.05, 3.63) is 33.8 Å². The second-order valence-corrected chi connectivity index (χ2v) is 7.64. The number of nitrogens with one attached hydrogen (secondary N) is 2. The second-order valence-electron chi connectivity index (χ2n) is 6.79. The molecule has 0 bridgehead atoms. The highest BCUT2D eigenvalue weighted by molar-refractivity contribution is 6.35. The summed E-state index contributed by atoms with van der Waals surface area (Å²) in [5.74, 6) is -0.299. The number of benzene rings is 1. The predicted octanol–water partition coefficient (Wildman–Crippen LogP) is 3.25. The number of carbonyl (C=O) groups is 3. The number of halogens is 2.